The van der Waals surface area contributed by atoms with Crippen LogP contribution in [0.15, 0.2) is 54.6 Å². The Morgan fingerprint density at radius 3 is 2.30 bits per heavy atom. The zero-order valence-corrected chi connectivity index (χ0v) is 11.9. The lowest BCUT2D eigenvalue weighted by atomic mass is 9.93. The van der Waals surface area contributed by atoms with Crippen LogP contribution in [0.4, 0.5) is 5.69 Å². The molecule has 0 bridgehead atoms. The summed E-state index contributed by atoms with van der Waals surface area (Å²) in [7, 11) is 0. The van der Waals surface area contributed by atoms with Crippen molar-refractivity contribution < 1.29 is 19.8 Å². The summed E-state index contributed by atoms with van der Waals surface area (Å²) in [5, 5.41) is 21.0. The number of para-hydroxylation sites is 2. The van der Waals surface area contributed by atoms with Crippen LogP contribution in [-0.4, -0.2) is 22.0 Å². The summed E-state index contributed by atoms with van der Waals surface area (Å²) in [4.78, 5) is 26.5. The quantitative estimate of drug-likeness (QED) is 0.677. The lowest BCUT2D eigenvalue weighted by Crippen LogP contribution is -2.40. The number of imide groups is 1. The lowest BCUT2D eigenvalue weighted by Gasteiger charge is -2.27. The third kappa shape index (κ3) is 1.80. The first-order chi connectivity index (χ1) is 11.1. The van der Waals surface area contributed by atoms with Crippen LogP contribution < -0.4 is 4.90 Å². The number of hydrogen-bond acceptors (Lipinski definition) is 4. The van der Waals surface area contributed by atoms with Gasteiger partial charge < -0.3 is 10.2 Å². The second kappa shape index (κ2) is 4.58. The van der Waals surface area contributed by atoms with Gasteiger partial charge in [-0.15, -0.1) is 0 Å². The van der Waals surface area contributed by atoms with Crippen LogP contribution in [0.2, 0.25) is 0 Å². The monoisotopic (exact) mass is 305 g/mol. The highest BCUT2D eigenvalue weighted by molar-refractivity contribution is 6.36. The van der Waals surface area contributed by atoms with E-state index in [1.807, 2.05) is 0 Å². The Labute approximate surface area is 131 Å². The van der Waals surface area contributed by atoms with Crippen LogP contribution in [0.3, 0.4) is 0 Å². The van der Waals surface area contributed by atoms with Crippen molar-refractivity contribution in [3.8, 4) is 11.5 Å². The molecule has 0 aromatic heterocycles. The zero-order valence-electron chi connectivity index (χ0n) is 11.9. The number of benzene rings is 3. The molecule has 3 aromatic rings. The van der Waals surface area contributed by atoms with E-state index in [-0.39, 0.29) is 22.7 Å². The number of rotatable bonds is 1. The van der Waals surface area contributed by atoms with Crippen molar-refractivity contribution in [2.75, 3.05) is 4.90 Å². The first kappa shape index (κ1) is 13.3. The number of phenols is 2. The first-order valence-electron chi connectivity index (χ1n) is 7.00. The molecule has 3 aromatic carbocycles. The smallest absolute Gasteiger partial charge is 0.266 e. The molecule has 1 heterocycles. The average molecular weight is 305 g/mol. The Balaban J connectivity index is 2.04. The van der Waals surface area contributed by atoms with E-state index in [0.29, 0.717) is 16.3 Å². The van der Waals surface area contributed by atoms with Gasteiger partial charge in [-0.05, 0) is 35.7 Å². The molecule has 0 fully saturated rings. The molecule has 1 aliphatic rings. The van der Waals surface area contributed by atoms with Gasteiger partial charge in [0.15, 0.2) is 0 Å². The van der Waals surface area contributed by atoms with Gasteiger partial charge in [-0.1, -0.05) is 24.3 Å². The van der Waals surface area contributed by atoms with Gasteiger partial charge in [-0.2, -0.15) is 0 Å². The fourth-order valence-corrected chi connectivity index (χ4v) is 2.96. The predicted molar refractivity (Wildman–Crippen MR) is 84.9 cm³/mol. The summed E-state index contributed by atoms with van der Waals surface area (Å²) < 4.78 is 0. The van der Waals surface area contributed by atoms with Crippen LogP contribution >= 0.6 is 0 Å². The molecule has 0 spiro atoms. The molecule has 23 heavy (non-hydrogen) atoms. The van der Waals surface area contributed by atoms with Crippen LogP contribution in [0.25, 0.3) is 10.8 Å². The number of carbonyl (C=O) groups is 2. The average Bonchev–Trinajstić information content (AvgIpc) is 2.54. The number of nitrogens with zero attached hydrogens (tertiary/aromatic N) is 1. The van der Waals surface area contributed by atoms with Gasteiger partial charge in [0.2, 0.25) is 0 Å². The third-order valence-electron chi connectivity index (χ3n) is 3.95. The molecule has 0 atom stereocenters. The number of hydrogen-bond donors (Lipinski definition) is 2. The molecule has 0 radical (unpaired) electrons. The molecule has 1 aliphatic heterocycles. The maximum absolute atomic E-state index is 12.8. The summed E-state index contributed by atoms with van der Waals surface area (Å²) >= 11 is 0. The summed E-state index contributed by atoms with van der Waals surface area (Å²) in [6.07, 6.45) is 0. The maximum Gasteiger partial charge on any atom is 0.266 e. The molecule has 2 amide bonds. The molecular formula is C18H11NO4. The number of phenolic OH excluding ortho intramolecular Hbond substituents is 2. The molecule has 0 unspecified atom stereocenters. The molecule has 0 saturated heterocycles. The highest BCUT2D eigenvalue weighted by Gasteiger charge is 2.35. The highest BCUT2D eigenvalue weighted by Crippen LogP contribution is 2.37. The van der Waals surface area contributed by atoms with Crippen LogP contribution in [0.5, 0.6) is 11.5 Å². The Bertz CT molecular complexity index is 993. The normalized spacial score (nSPS) is 13.7. The third-order valence-corrected chi connectivity index (χ3v) is 3.95. The fourth-order valence-electron chi connectivity index (χ4n) is 2.96. The first-order valence-corrected chi connectivity index (χ1v) is 7.00. The van der Waals surface area contributed by atoms with Gasteiger partial charge in [0.1, 0.15) is 11.5 Å². The fraction of sp³-hybridized carbons (Fsp3) is 0. The summed E-state index contributed by atoms with van der Waals surface area (Å²) in [6, 6.07) is 14.1. The molecular weight excluding hydrogens is 294 g/mol. The highest BCUT2D eigenvalue weighted by atomic mass is 16.3. The predicted octanol–water partition coefficient (Wildman–Crippen LogP) is 3.05. The van der Waals surface area contributed by atoms with E-state index in [0.717, 1.165) is 4.90 Å². The van der Waals surface area contributed by atoms with E-state index in [1.54, 1.807) is 30.3 Å². The molecule has 112 valence electrons. The van der Waals surface area contributed by atoms with Crippen molar-refractivity contribution >= 4 is 28.3 Å². The summed E-state index contributed by atoms with van der Waals surface area (Å²) in [5.41, 5.74) is 0.715. The second-order valence-corrected chi connectivity index (χ2v) is 5.33. The lowest BCUT2D eigenvalue weighted by molar-refractivity contribution is 0.0892. The van der Waals surface area contributed by atoms with E-state index in [2.05, 4.69) is 0 Å². The Kier molecular flexibility index (Phi) is 2.65. The number of anilines is 1. The van der Waals surface area contributed by atoms with Crippen molar-refractivity contribution in [1.29, 1.82) is 0 Å². The van der Waals surface area contributed by atoms with E-state index in [4.69, 9.17) is 0 Å². The van der Waals surface area contributed by atoms with Crippen molar-refractivity contribution in [2.45, 2.75) is 0 Å². The molecule has 0 saturated carbocycles. The van der Waals surface area contributed by atoms with Crippen molar-refractivity contribution in [3.63, 3.8) is 0 Å². The Morgan fingerprint density at radius 1 is 0.783 bits per heavy atom. The maximum atomic E-state index is 12.8. The van der Waals surface area contributed by atoms with E-state index in [1.165, 1.54) is 24.3 Å². The Morgan fingerprint density at radius 2 is 1.52 bits per heavy atom. The second-order valence-electron chi connectivity index (χ2n) is 5.33. The molecule has 5 heteroatoms. The van der Waals surface area contributed by atoms with Gasteiger partial charge in [-0.25, -0.2) is 4.90 Å². The van der Waals surface area contributed by atoms with E-state index in [9.17, 15) is 19.8 Å². The van der Waals surface area contributed by atoms with E-state index < -0.39 is 11.8 Å². The van der Waals surface area contributed by atoms with Gasteiger partial charge in [0.25, 0.3) is 11.8 Å². The van der Waals surface area contributed by atoms with Crippen LogP contribution in [0.1, 0.15) is 20.7 Å². The minimum absolute atomic E-state index is 0.0513. The minimum Gasteiger partial charge on any atom is -0.508 e. The molecule has 2 N–H and O–H groups in total. The van der Waals surface area contributed by atoms with E-state index >= 15 is 0 Å². The topological polar surface area (TPSA) is 77.8 Å². The summed E-state index contributed by atoms with van der Waals surface area (Å²) in [6.45, 7) is 0. The molecule has 0 aliphatic carbocycles. The SMILES string of the molecule is O=C1c2cccc3cc(O)cc(c23)C(=O)N1c1ccccc1O. The van der Waals surface area contributed by atoms with Gasteiger partial charge in [-0.3, -0.25) is 9.59 Å². The number of amides is 2. The summed E-state index contributed by atoms with van der Waals surface area (Å²) in [5.74, 6) is -1.29. The van der Waals surface area contributed by atoms with Crippen molar-refractivity contribution in [1.82, 2.24) is 0 Å². The van der Waals surface area contributed by atoms with Crippen molar-refractivity contribution in [2.24, 2.45) is 0 Å². The van der Waals surface area contributed by atoms with Gasteiger partial charge in [0, 0.05) is 10.9 Å². The zero-order chi connectivity index (χ0) is 16.1. The standard InChI is InChI=1S/C18H11NO4/c20-11-8-10-4-3-5-12-16(10)13(9-11)18(23)19(17(12)22)14-6-1-2-7-15(14)21/h1-9,20-21H. The minimum atomic E-state index is -0.573. The van der Waals surface area contributed by atoms with Crippen molar-refractivity contribution in [3.05, 3.63) is 65.7 Å². The number of aromatic hydroxyl groups is 2. The number of carbonyl (C=O) groups excluding carboxylic acids is 2. The largest absolute Gasteiger partial charge is 0.508 e. The van der Waals surface area contributed by atoms with Crippen LogP contribution in [0, 0.1) is 0 Å². The molecule has 4 rings (SSSR count). The molecule has 5 nitrogen and oxygen atoms in total. The van der Waals surface area contributed by atoms with Gasteiger partial charge >= 0.3 is 0 Å². The van der Waals surface area contributed by atoms with Gasteiger partial charge in [0.05, 0.1) is 11.3 Å². The van der Waals surface area contributed by atoms with Crippen LogP contribution in [-0.2, 0) is 0 Å². The Hall–Kier alpha value is -3.34.